The van der Waals surface area contributed by atoms with Gasteiger partial charge in [0.05, 0.1) is 10.5 Å². The zero-order valence-electron chi connectivity index (χ0n) is 15.1. The van der Waals surface area contributed by atoms with E-state index in [1.54, 1.807) is 30.3 Å². The monoisotopic (exact) mass is 474 g/mol. The van der Waals surface area contributed by atoms with Gasteiger partial charge in [-0.05, 0) is 53.7 Å². The summed E-state index contributed by atoms with van der Waals surface area (Å²) in [6.07, 6.45) is 1.65. The summed E-state index contributed by atoms with van der Waals surface area (Å²) in [7, 11) is 0. The third kappa shape index (κ3) is 5.55. The molecule has 2 amide bonds. The number of aliphatic imine (C=N–C) groups is 1. The van der Waals surface area contributed by atoms with E-state index >= 15 is 0 Å². The average molecular weight is 475 g/mol. The first-order chi connectivity index (χ1) is 13.8. The fraction of sp³-hybridized carbons (Fsp3) is 0.100. The van der Waals surface area contributed by atoms with Crippen molar-refractivity contribution in [2.75, 3.05) is 0 Å². The Morgan fingerprint density at radius 1 is 1.24 bits per heavy atom. The van der Waals surface area contributed by atoms with E-state index in [-0.39, 0.29) is 23.2 Å². The highest BCUT2D eigenvalue weighted by molar-refractivity contribution is 9.10. The van der Waals surface area contributed by atoms with Gasteiger partial charge < -0.3 is 15.2 Å². The number of thioether (sulfide) groups is 1. The van der Waals surface area contributed by atoms with E-state index < -0.39 is 11.9 Å². The van der Waals surface area contributed by atoms with Crippen LogP contribution in [-0.2, 0) is 16.2 Å². The Labute approximate surface area is 179 Å². The molecule has 7 nitrogen and oxygen atoms in total. The van der Waals surface area contributed by atoms with E-state index in [1.807, 2.05) is 6.07 Å². The van der Waals surface area contributed by atoms with Gasteiger partial charge >= 0.3 is 5.97 Å². The van der Waals surface area contributed by atoms with E-state index in [9.17, 15) is 14.4 Å². The lowest BCUT2D eigenvalue weighted by Gasteiger charge is -2.11. The second-order valence-corrected chi connectivity index (χ2v) is 7.93. The van der Waals surface area contributed by atoms with Gasteiger partial charge in [-0.2, -0.15) is 4.99 Å². The van der Waals surface area contributed by atoms with Crippen molar-refractivity contribution in [1.82, 2.24) is 5.32 Å². The summed E-state index contributed by atoms with van der Waals surface area (Å²) in [5.41, 5.74) is 1.67. The largest absolute Gasteiger partial charge is 0.488 e. The number of hydrogen-bond donors (Lipinski definition) is 2. The summed E-state index contributed by atoms with van der Waals surface area (Å²) in [5, 5.41) is 11.7. The van der Waals surface area contributed by atoms with Gasteiger partial charge in [-0.3, -0.25) is 9.59 Å². The predicted octanol–water partition coefficient (Wildman–Crippen LogP) is 3.83. The fourth-order valence-corrected chi connectivity index (χ4v) is 3.65. The molecule has 2 N–H and O–H groups in total. The molecule has 1 heterocycles. The Morgan fingerprint density at radius 3 is 2.62 bits per heavy atom. The Bertz CT molecular complexity index is 1050. The predicted molar refractivity (Wildman–Crippen MR) is 114 cm³/mol. The van der Waals surface area contributed by atoms with Crippen LogP contribution in [-0.4, -0.2) is 28.1 Å². The standard InChI is InChI=1S/C20H15BrN2O5S/c1-11(24)22-20-23-18(25)17(29-20)9-14-8-15(21)6-7-16(14)28-10-12-2-4-13(5-3-12)19(26)27/h2-9H,10H2,1H3,(H,26,27)(H,22,23,24,25)/b17-9+. The Morgan fingerprint density at radius 2 is 1.97 bits per heavy atom. The van der Waals surface area contributed by atoms with Crippen LogP contribution in [0.4, 0.5) is 0 Å². The third-order valence-corrected chi connectivity index (χ3v) is 5.15. The Kier molecular flexibility index (Phi) is 6.50. The summed E-state index contributed by atoms with van der Waals surface area (Å²) in [4.78, 5) is 38.4. The molecule has 1 aliphatic heterocycles. The van der Waals surface area contributed by atoms with Crippen molar-refractivity contribution in [3.05, 3.63) is 68.5 Å². The molecule has 148 valence electrons. The first kappa shape index (κ1) is 20.8. The molecule has 0 atom stereocenters. The molecule has 0 bridgehead atoms. The van der Waals surface area contributed by atoms with E-state index in [1.165, 1.54) is 19.1 Å². The molecular weight excluding hydrogens is 460 g/mol. The number of carbonyl (C=O) groups excluding carboxylic acids is 2. The first-order valence-corrected chi connectivity index (χ1v) is 9.97. The highest BCUT2D eigenvalue weighted by atomic mass is 79.9. The number of benzene rings is 2. The zero-order valence-corrected chi connectivity index (χ0v) is 17.5. The number of nitrogens with zero attached hydrogens (tertiary/aromatic N) is 1. The van der Waals surface area contributed by atoms with Crippen molar-refractivity contribution >= 4 is 56.7 Å². The molecule has 2 aromatic carbocycles. The maximum Gasteiger partial charge on any atom is 0.335 e. The minimum atomic E-state index is -0.987. The van der Waals surface area contributed by atoms with Gasteiger partial charge in [-0.25, -0.2) is 4.79 Å². The van der Waals surface area contributed by atoms with E-state index in [4.69, 9.17) is 9.84 Å². The van der Waals surface area contributed by atoms with Crippen molar-refractivity contribution in [3.63, 3.8) is 0 Å². The van der Waals surface area contributed by atoms with Crippen LogP contribution in [0.5, 0.6) is 5.75 Å². The number of aromatic carboxylic acids is 1. The van der Waals surface area contributed by atoms with Gasteiger partial charge in [-0.1, -0.05) is 28.1 Å². The normalized spacial score (nSPS) is 14.6. The van der Waals surface area contributed by atoms with Crippen molar-refractivity contribution in [2.24, 2.45) is 4.99 Å². The van der Waals surface area contributed by atoms with Gasteiger partial charge in [0.2, 0.25) is 5.91 Å². The molecule has 9 heteroatoms. The summed E-state index contributed by atoms with van der Waals surface area (Å²) in [6, 6.07) is 11.8. The minimum Gasteiger partial charge on any atom is -0.488 e. The quantitative estimate of drug-likeness (QED) is 0.637. The van der Waals surface area contributed by atoms with Crippen molar-refractivity contribution < 1.29 is 24.2 Å². The molecule has 0 aliphatic carbocycles. The summed E-state index contributed by atoms with van der Waals surface area (Å²) in [5.74, 6) is -1.18. The van der Waals surface area contributed by atoms with Crippen molar-refractivity contribution in [1.29, 1.82) is 0 Å². The maximum atomic E-state index is 12.1. The molecule has 0 saturated heterocycles. The fourth-order valence-electron chi connectivity index (χ4n) is 2.42. The maximum absolute atomic E-state index is 12.1. The van der Waals surface area contributed by atoms with Crippen LogP contribution in [0.1, 0.15) is 28.4 Å². The van der Waals surface area contributed by atoms with Gasteiger partial charge in [-0.15, -0.1) is 0 Å². The molecule has 0 spiro atoms. The van der Waals surface area contributed by atoms with E-state index in [0.717, 1.165) is 21.8 Å². The first-order valence-electron chi connectivity index (χ1n) is 8.36. The molecule has 0 saturated carbocycles. The lowest BCUT2D eigenvalue weighted by Crippen LogP contribution is -2.23. The van der Waals surface area contributed by atoms with Crippen LogP contribution >= 0.6 is 27.7 Å². The lowest BCUT2D eigenvalue weighted by molar-refractivity contribution is -0.117. The van der Waals surface area contributed by atoms with Crippen LogP contribution in [0, 0.1) is 0 Å². The number of rotatable bonds is 5. The topological polar surface area (TPSA) is 105 Å². The van der Waals surface area contributed by atoms with Gasteiger partial charge in [0.1, 0.15) is 12.4 Å². The third-order valence-electron chi connectivity index (χ3n) is 3.76. The molecule has 29 heavy (non-hydrogen) atoms. The number of nitrogens with one attached hydrogen (secondary N) is 1. The molecule has 2 aromatic rings. The Balaban J connectivity index is 1.77. The number of halogens is 1. The zero-order chi connectivity index (χ0) is 21.0. The molecule has 0 radical (unpaired) electrons. The number of carbonyl (C=O) groups is 3. The minimum absolute atomic E-state index is 0.203. The van der Waals surface area contributed by atoms with Crippen LogP contribution in [0.3, 0.4) is 0 Å². The van der Waals surface area contributed by atoms with Crippen LogP contribution < -0.4 is 10.1 Å². The molecule has 1 aliphatic rings. The number of carboxylic acid groups (broad SMARTS) is 1. The molecule has 0 fully saturated rings. The summed E-state index contributed by atoms with van der Waals surface area (Å²) in [6.45, 7) is 1.57. The molecule has 0 unspecified atom stereocenters. The van der Waals surface area contributed by atoms with Gasteiger partial charge in [0, 0.05) is 17.0 Å². The highest BCUT2D eigenvalue weighted by Crippen LogP contribution is 2.32. The average Bonchev–Trinajstić information content (AvgIpc) is 2.99. The summed E-state index contributed by atoms with van der Waals surface area (Å²) < 4.78 is 6.68. The van der Waals surface area contributed by atoms with Crippen molar-refractivity contribution in [3.8, 4) is 5.75 Å². The second kappa shape index (κ2) is 9.06. The number of amidine groups is 1. The van der Waals surface area contributed by atoms with Crippen LogP contribution in [0.15, 0.2) is 56.8 Å². The van der Waals surface area contributed by atoms with Crippen LogP contribution in [0.25, 0.3) is 6.08 Å². The van der Waals surface area contributed by atoms with Gasteiger partial charge in [0.15, 0.2) is 5.17 Å². The molecule has 3 rings (SSSR count). The second-order valence-electron chi connectivity index (χ2n) is 5.99. The SMILES string of the molecule is CC(=O)NC1=NC(=O)/C(=C\c2cc(Br)ccc2OCc2ccc(C(=O)O)cc2)S1. The number of carboxylic acids is 1. The lowest BCUT2D eigenvalue weighted by atomic mass is 10.1. The summed E-state index contributed by atoms with van der Waals surface area (Å²) >= 11 is 4.48. The molecular formula is C20H15BrN2O5S. The Hall–Kier alpha value is -2.91. The van der Waals surface area contributed by atoms with Crippen molar-refractivity contribution in [2.45, 2.75) is 13.5 Å². The number of hydrogen-bond acceptors (Lipinski definition) is 5. The van der Waals surface area contributed by atoms with Gasteiger partial charge in [0.25, 0.3) is 5.91 Å². The smallest absolute Gasteiger partial charge is 0.335 e. The number of amides is 2. The molecule has 0 aromatic heterocycles. The van der Waals surface area contributed by atoms with Crippen LogP contribution in [0.2, 0.25) is 0 Å². The van der Waals surface area contributed by atoms with E-state index in [2.05, 4.69) is 26.2 Å². The highest BCUT2D eigenvalue weighted by Gasteiger charge is 2.23. The number of ether oxygens (including phenoxy) is 1. The van der Waals surface area contributed by atoms with E-state index in [0.29, 0.717) is 16.2 Å².